The van der Waals surface area contributed by atoms with Gasteiger partial charge in [0.25, 0.3) is 0 Å². The van der Waals surface area contributed by atoms with Gasteiger partial charge in [0.1, 0.15) is 17.3 Å². The first kappa shape index (κ1) is 29.5. The predicted molar refractivity (Wildman–Crippen MR) is 212 cm³/mol. The van der Waals surface area contributed by atoms with Crippen molar-refractivity contribution in [2.24, 2.45) is 0 Å². The Morgan fingerprint density at radius 3 is 2.02 bits per heavy atom. The summed E-state index contributed by atoms with van der Waals surface area (Å²) in [5.41, 5.74) is 13.1. The molecule has 0 bridgehead atoms. The molecule has 0 amide bonds. The van der Waals surface area contributed by atoms with E-state index in [1.54, 1.807) is 0 Å². The standard InChI is InChI=1S/C49H29N3O/c50-30-31-23-28-39-38(29-31)47-36(14-10-18-42(47)49(39)40-16-3-7-21-45(40)53-46-22-8-4-17-41(46)49)33-24-26-34(27-25-33)52-44-20-6-5-19-43(44)51-48(52)37-15-9-12-32-11-1-2-13-35(32)37/h1-29H. The van der Waals surface area contributed by atoms with Gasteiger partial charge < -0.3 is 4.74 Å². The molecule has 1 spiro atoms. The van der Waals surface area contributed by atoms with Gasteiger partial charge >= 0.3 is 0 Å². The van der Waals surface area contributed by atoms with Crippen LogP contribution in [0.25, 0.3) is 61.1 Å². The fraction of sp³-hybridized carbons (Fsp3) is 0.0204. The van der Waals surface area contributed by atoms with E-state index in [0.717, 1.165) is 78.6 Å². The van der Waals surface area contributed by atoms with Gasteiger partial charge in [0.2, 0.25) is 0 Å². The van der Waals surface area contributed by atoms with Crippen molar-refractivity contribution in [3.8, 4) is 56.9 Å². The second kappa shape index (κ2) is 11.1. The topological polar surface area (TPSA) is 50.8 Å². The SMILES string of the molecule is N#Cc1ccc2c(c1)-c1c(-c3ccc(-n4c(-c5cccc6ccccc56)nc5ccccc54)cc3)cccc1C21c2ccccc2Oc2ccccc21. The lowest BCUT2D eigenvalue weighted by molar-refractivity contribution is 0.436. The minimum Gasteiger partial charge on any atom is -0.457 e. The summed E-state index contributed by atoms with van der Waals surface area (Å²) in [7, 11) is 0. The van der Waals surface area contributed by atoms with Crippen LogP contribution >= 0.6 is 0 Å². The molecule has 2 aliphatic rings. The number of fused-ring (bicyclic) bond motifs is 11. The number of hydrogen-bond acceptors (Lipinski definition) is 3. The van der Waals surface area contributed by atoms with E-state index in [-0.39, 0.29) is 0 Å². The first-order valence-electron chi connectivity index (χ1n) is 17.9. The zero-order valence-electron chi connectivity index (χ0n) is 28.5. The first-order chi connectivity index (χ1) is 26.2. The highest BCUT2D eigenvalue weighted by atomic mass is 16.5. The fourth-order valence-electron chi connectivity index (χ4n) is 8.94. The second-order valence-electron chi connectivity index (χ2n) is 13.8. The van der Waals surface area contributed by atoms with E-state index in [0.29, 0.717) is 5.56 Å². The molecule has 9 aromatic rings. The van der Waals surface area contributed by atoms with Crippen LogP contribution in [0.3, 0.4) is 0 Å². The summed E-state index contributed by atoms with van der Waals surface area (Å²) in [5.74, 6) is 2.60. The first-order valence-corrected chi connectivity index (χ1v) is 17.9. The molecular weight excluding hydrogens is 647 g/mol. The van der Waals surface area contributed by atoms with E-state index in [4.69, 9.17) is 9.72 Å². The van der Waals surface area contributed by atoms with Gasteiger partial charge in [-0.1, -0.05) is 127 Å². The largest absolute Gasteiger partial charge is 0.457 e. The third kappa shape index (κ3) is 4.08. The van der Waals surface area contributed by atoms with Crippen LogP contribution in [0.4, 0.5) is 0 Å². The lowest BCUT2D eigenvalue weighted by atomic mass is 9.66. The second-order valence-corrected chi connectivity index (χ2v) is 13.8. The van der Waals surface area contributed by atoms with Crippen LogP contribution < -0.4 is 4.74 Å². The lowest BCUT2D eigenvalue weighted by Gasteiger charge is -2.39. The molecule has 246 valence electrons. The molecule has 53 heavy (non-hydrogen) atoms. The summed E-state index contributed by atoms with van der Waals surface area (Å²) in [4.78, 5) is 5.19. The Bertz CT molecular complexity index is 2950. The maximum absolute atomic E-state index is 10.1. The van der Waals surface area contributed by atoms with Crippen molar-refractivity contribution >= 4 is 21.8 Å². The number of nitriles is 1. The fourth-order valence-corrected chi connectivity index (χ4v) is 8.94. The Labute approximate surface area is 306 Å². The summed E-state index contributed by atoms with van der Waals surface area (Å²) >= 11 is 0. The van der Waals surface area contributed by atoms with Gasteiger partial charge in [0.15, 0.2) is 0 Å². The van der Waals surface area contributed by atoms with E-state index in [2.05, 4.69) is 162 Å². The molecule has 0 unspecified atom stereocenters. The third-order valence-electron chi connectivity index (χ3n) is 11.1. The minimum atomic E-state index is -0.608. The maximum atomic E-state index is 10.1. The van der Waals surface area contributed by atoms with E-state index in [1.807, 2.05) is 24.3 Å². The molecule has 0 saturated heterocycles. The molecule has 0 radical (unpaired) electrons. The maximum Gasteiger partial charge on any atom is 0.146 e. The molecule has 0 atom stereocenters. The zero-order valence-corrected chi connectivity index (χ0v) is 28.5. The number of benzene rings is 8. The highest BCUT2D eigenvalue weighted by Crippen LogP contribution is 2.63. The number of nitrogens with zero attached hydrogens (tertiary/aromatic N) is 3. The van der Waals surface area contributed by atoms with E-state index < -0.39 is 5.41 Å². The van der Waals surface area contributed by atoms with Gasteiger partial charge in [0.05, 0.1) is 28.1 Å². The van der Waals surface area contributed by atoms with Gasteiger partial charge in [-0.15, -0.1) is 0 Å². The lowest BCUT2D eigenvalue weighted by Crippen LogP contribution is -2.32. The molecule has 1 aromatic heterocycles. The average Bonchev–Trinajstić information content (AvgIpc) is 3.75. The van der Waals surface area contributed by atoms with Crippen LogP contribution in [0.15, 0.2) is 176 Å². The van der Waals surface area contributed by atoms with Crippen molar-refractivity contribution < 1.29 is 4.74 Å². The molecule has 4 heteroatoms. The third-order valence-corrected chi connectivity index (χ3v) is 11.1. The molecular formula is C49H29N3O. The Morgan fingerprint density at radius 1 is 0.547 bits per heavy atom. The van der Waals surface area contributed by atoms with Crippen molar-refractivity contribution in [3.05, 3.63) is 204 Å². The monoisotopic (exact) mass is 675 g/mol. The smallest absolute Gasteiger partial charge is 0.146 e. The van der Waals surface area contributed by atoms with E-state index >= 15 is 0 Å². The normalized spacial score (nSPS) is 13.2. The van der Waals surface area contributed by atoms with Gasteiger partial charge in [-0.05, 0) is 92.7 Å². The van der Waals surface area contributed by atoms with Crippen LogP contribution in [0.1, 0.15) is 27.8 Å². The number of aromatic nitrogens is 2. The number of rotatable bonds is 3. The predicted octanol–water partition coefficient (Wildman–Crippen LogP) is 11.9. The van der Waals surface area contributed by atoms with Gasteiger partial charge in [-0.2, -0.15) is 5.26 Å². The van der Waals surface area contributed by atoms with Crippen LogP contribution in [0, 0.1) is 11.3 Å². The van der Waals surface area contributed by atoms with Crippen LogP contribution in [-0.4, -0.2) is 9.55 Å². The highest BCUT2D eigenvalue weighted by molar-refractivity contribution is 5.99. The number of hydrogen-bond donors (Lipinski definition) is 0. The molecule has 0 fully saturated rings. The minimum absolute atomic E-state index is 0.608. The number of para-hydroxylation sites is 4. The van der Waals surface area contributed by atoms with E-state index in [9.17, 15) is 5.26 Å². The van der Waals surface area contributed by atoms with Gasteiger partial charge in [0, 0.05) is 22.4 Å². The molecule has 1 aliphatic carbocycles. The van der Waals surface area contributed by atoms with Crippen molar-refractivity contribution in [1.29, 1.82) is 5.26 Å². The molecule has 1 aliphatic heterocycles. The summed E-state index contributed by atoms with van der Waals surface area (Å²) < 4.78 is 8.81. The van der Waals surface area contributed by atoms with Crippen molar-refractivity contribution in [3.63, 3.8) is 0 Å². The van der Waals surface area contributed by atoms with Crippen LogP contribution in [0.5, 0.6) is 11.5 Å². The summed E-state index contributed by atoms with van der Waals surface area (Å²) in [6.45, 7) is 0. The van der Waals surface area contributed by atoms with Crippen LogP contribution in [-0.2, 0) is 5.41 Å². The van der Waals surface area contributed by atoms with Crippen LogP contribution in [0.2, 0.25) is 0 Å². The van der Waals surface area contributed by atoms with Gasteiger partial charge in [-0.3, -0.25) is 4.57 Å². The summed E-state index contributed by atoms with van der Waals surface area (Å²) in [6.07, 6.45) is 0. The zero-order chi connectivity index (χ0) is 35.1. The molecule has 11 rings (SSSR count). The molecule has 0 N–H and O–H groups in total. The quantitative estimate of drug-likeness (QED) is 0.187. The molecule has 0 saturated carbocycles. The highest BCUT2D eigenvalue weighted by Gasteiger charge is 2.51. The number of ether oxygens (including phenoxy) is 1. The van der Waals surface area contributed by atoms with E-state index in [1.165, 1.54) is 16.3 Å². The Hall–Kier alpha value is -7.22. The molecule has 8 aromatic carbocycles. The van der Waals surface area contributed by atoms with Crippen molar-refractivity contribution in [2.75, 3.05) is 0 Å². The van der Waals surface area contributed by atoms with Crippen molar-refractivity contribution in [1.82, 2.24) is 9.55 Å². The Balaban J connectivity index is 1.13. The summed E-state index contributed by atoms with van der Waals surface area (Å²) in [5, 5.41) is 12.5. The molecule has 4 nitrogen and oxygen atoms in total. The Morgan fingerprint density at radius 2 is 1.21 bits per heavy atom. The van der Waals surface area contributed by atoms with Crippen molar-refractivity contribution in [2.45, 2.75) is 5.41 Å². The average molecular weight is 676 g/mol. The van der Waals surface area contributed by atoms with Gasteiger partial charge in [-0.25, -0.2) is 4.98 Å². The molecule has 2 heterocycles. The summed E-state index contributed by atoms with van der Waals surface area (Å²) in [6, 6.07) is 64.0. The number of imidazole rings is 1. The Kier molecular flexibility index (Phi) is 6.20.